The van der Waals surface area contributed by atoms with Gasteiger partial charge in [0, 0.05) is 26.3 Å². The van der Waals surface area contributed by atoms with Gasteiger partial charge in [-0.3, -0.25) is 0 Å². The Morgan fingerprint density at radius 2 is 2.10 bits per heavy atom. The third-order valence-electron chi connectivity index (χ3n) is 3.66. The van der Waals surface area contributed by atoms with Crippen molar-refractivity contribution >= 4 is 21.4 Å². The number of hydrogen-bond acceptors (Lipinski definition) is 5. The zero-order valence-electron chi connectivity index (χ0n) is 11.9. The van der Waals surface area contributed by atoms with Crippen LogP contribution in [0, 0.1) is 5.41 Å². The van der Waals surface area contributed by atoms with E-state index in [4.69, 9.17) is 4.74 Å². The highest BCUT2D eigenvalue weighted by Gasteiger charge is 2.29. The van der Waals surface area contributed by atoms with E-state index in [1.54, 1.807) is 6.07 Å². The Kier molecular flexibility index (Phi) is 5.19. The van der Waals surface area contributed by atoms with Crippen molar-refractivity contribution in [2.75, 3.05) is 26.8 Å². The summed E-state index contributed by atoms with van der Waals surface area (Å²) in [4.78, 5) is 0. The molecule has 1 fully saturated rings. The summed E-state index contributed by atoms with van der Waals surface area (Å²) in [6.07, 6.45) is 1.79. The van der Waals surface area contributed by atoms with E-state index < -0.39 is 10.0 Å². The van der Waals surface area contributed by atoms with E-state index in [9.17, 15) is 8.42 Å². The zero-order chi connectivity index (χ0) is 14.6. The van der Waals surface area contributed by atoms with Crippen LogP contribution < -0.4 is 10.0 Å². The normalized spacial score (nSPS) is 19.1. The highest BCUT2D eigenvalue weighted by Crippen LogP contribution is 2.29. The lowest BCUT2D eigenvalue weighted by molar-refractivity contribution is 0.0265. The molecule has 2 heterocycles. The predicted molar refractivity (Wildman–Crippen MR) is 80.4 cm³/mol. The largest absolute Gasteiger partial charge is 0.381 e. The summed E-state index contributed by atoms with van der Waals surface area (Å²) in [5.41, 5.74) is 0.992. The van der Waals surface area contributed by atoms with Gasteiger partial charge >= 0.3 is 0 Å². The minimum Gasteiger partial charge on any atom is -0.381 e. The maximum atomic E-state index is 12.3. The van der Waals surface area contributed by atoms with E-state index >= 15 is 0 Å². The van der Waals surface area contributed by atoms with Gasteiger partial charge in [0.25, 0.3) is 0 Å². The predicted octanol–water partition coefficient (Wildman–Crippen LogP) is 1.56. The van der Waals surface area contributed by atoms with Crippen LogP contribution in [0.25, 0.3) is 0 Å². The molecule has 0 saturated carbocycles. The molecule has 7 heteroatoms. The molecule has 1 aromatic rings. The molecule has 1 aromatic heterocycles. The molecule has 5 nitrogen and oxygen atoms in total. The van der Waals surface area contributed by atoms with Crippen LogP contribution >= 0.6 is 11.3 Å². The van der Waals surface area contributed by atoms with Crippen molar-refractivity contribution in [1.82, 2.24) is 10.0 Å². The van der Waals surface area contributed by atoms with Gasteiger partial charge in [0.2, 0.25) is 10.0 Å². The van der Waals surface area contributed by atoms with Crippen LogP contribution in [0.2, 0.25) is 0 Å². The third kappa shape index (κ3) is 4.02. The second-order valence-electron chi connectivity index (χ2n) is 5.55. The lowest BCUT2D eigenvalue weighted by Gasteiger charge is -2.33. The molecule has 0 unspecified atom stereocenters. The number of rotatable bonds is 6. The fourth-order valence-electron chi connectivity index (χ4n) is 2.17. The monoisotopic (exact) mass is 318 g/mol. The number of ether oxygens (including phenoxy) is 1. The Balaban J connectivity index is 1.99. The first kappa shape index (κ1) is 15.9. The van der Waals surface area contributed by atoms with Crippen molar-refractivity contribution in [3.05, 3.63) is 17.0 Å². The molecule has 1 saturated heterocycles. The molecule has 0 amide bonds. The van der Waals surface area contributed by atoms with Gasteiger partial charge < -0.3 is 10.1 Å². The summed E-state index contributed by atoms with van der Waals surface area (Å²) in [6.45, 7) is 4.69. The first-order chi connectivity index (χ1) is 9.45. The summed E-state index contributed by atoms with van der Waals surface area (Å²) in [6, 6.07) is 1.73. The van der Waals surface area contributed by atoms with E-state index in [0.29, 0.717) is 30.5 Å². The molecule has 114 valence electrons. The number of hydrogen-bond donors (Lipinski definition) is 2. The average Bonchev–Trinajstić information content (AvgIpc) is 2.88. The van der Waals surface area contributed by atoms with Crippen molar-refractivity contribution in [3.8, 4) is 0 Å². The molecular weight excluding hydrogens is 296 g/mol. The molecule has 0 aliphatic carbocycles. The fourth-order valence-corrected chi connectivity index (χ4v) is 4.63. The number of nitrogens with one attached hydrogen (secondary N) is 2. The summed E-state index contributed by atoms with van der Waals surface area (Å²) >= 11 is 1.27. The molecule has 0 atom stereocenters. The number of sulfonamides is 1. The van der Waals surface area contributed by atoms with Gasteiger partial charge in [-0.05, 0) is 42.3 Å². The maximum absolute atomic E-state index is 12.3. The molecule has 1 aliphatic heterocycles. The highest BCUT2D eigenvalue weighted by molar-refractivity contribution is 7.91. The average molecular weight is 318 g/mol. The third-order valence-corrected chi connectivity index (χ3v) is 6.55. The molecule has 0 bridgehead atoms. The Bertz CT molecular complexity index is 534. The highest BCUT2D eigenvalue weighted by atomic mass is 32.2. The van der Waals surface area contributed by atoms with Crippen molar-refractivity contribution in [2.45, 2.75) is 30.5 Å². The van der Waals surface area contributed by atoms with Gasteiger partial charge in [-0.1, -0.05) is 6.92 Å². The van der Waals surface area contributed by atoms with E-state index in [0.717, 1.165) is 18.4 Å². The van der Waals surface area contributed by atoms with Gasteiger partial charge in [-0.25, -0.2) is 13.1 Å². The Morgan fingerprint density at radius 3 is 2.75 bits per heavy atom. The summed E-state index contributed by atoms with van der Waals surface area (Å²) < 4.78 is 33.0. The topological polar surface area (TPSA) is 67.4 Å². The molecule has 2 N–H and O–H groups in total. The van der Waals surface area contributed by atoms with Crippen LogP contribution in [-0.4, -0.2) is 35.2 Å². The maximum Gasteiger partial charge on any atom is 0.250 e. The second-order valence-corrected chi connectivity index (χ2v) is 8.46. The van der Waals surface area contributed by atoms with Crippen LogP contribution in [-0.2, 0) is 21.3 Å². The van der Waals surface area contributed by atoms with Gasteiger partial charge in [0.05, 0.1) is 0 Å². The lowest BCUT2D eigenvalue weighted by atomic mass is 9.83. The fraction of sp³-hybridized carbons (Fsp3) is 0.692. The SMILES string of the molecule is CNCc1csc(S(=O)(=O)NCC2(C)CCOCC2)c1. The van der Waals surface area contributed by atoms with Crippen molar-refractivity contribution in [1.29, 1.82) is 0 Å². The van der Waals surface area contributed by atoms with Crippen LogP contribution in [0.4, 0.5) is 0 Å². The molecule has 0 radical (unpaired) electrons. The molecule has 20 heavy (non-hydrogen) atoms. The summed E-state index contributed by atoms with van der Waals surface area (Å²) in [5, 5.41) is 4.89. The second kappa shape index (κ2) is 6.53. The lowest BCUT2D eigenvalue weighted by Crippen LogP contribution is -2.39. The minimum atomic E-state index is -3.40. The van der Waals surface area contributed by atoms with Crippen LogP contribution in [0.5, 0.6) is 0 Å². The zero-order valence-corrected chi connectivity index (χ0v) is 13.6. The van der Waals surface area contributed by atoms with Crippen LogP contribution in [0.15, 0.2) is 15.7 Å². The number of thiophene rings is 1. The van der Waals surface area contributed by atoms with Gasteiger partial charge in [-0.15, -0.1) is 11.3 Å². The van der Waals surface area contributed by atoms with Crippen LogP contribution in [0.3, 0.4) is 0 Å². The van der Waals surface area contributed by atoms with Gasteiger partial charge in [0.1, 0.15) is 4.21 Å². The van der Waals surface area contributed by atoms with Gasteiger partial charge in [0.15, 0.2) is 0 Å². The standard InChI is InChI=1S/C13H22N2O3S2/c1-13(3-5-18-6-4-13)10-15-20(16,17)12-7-11(8-14-2)9-19-12/h7,9,14-15H,3-6,8,10H2,1-2H3. The van der Waals surface area contributed by atoms with E-state index in [1.807, 2.05) is 12.4 Å². The molecule has 2 rings (SSSR count). The van der Waals surface area contributed by atoms with Gasteiger partial charge in [-0.2, -0.15) is 0 Å². The molecular formula is C13H22N2O3S2. The molecule has 0 aromatic carbocycles. The van der Waals surface area contributed by atoms with E-state index in [-0.39, 0.29) is 5.41 Å². The van der Waals surface area contributed by atoms with E-state index in [2.05, 4.69) is 17.0 Å². The van der Waals surface area contributed by atoms with Crippen molar-refractivity contribution in [3.63, 3.8) is 0 Å². The Labute approximate surface area is 124 Å². The molecule has 0 spiro atoms. The first-order valence-corrected chi connectivity index (χ1v) is 9.11. The van der Waals surface area contributed by atoms with Crippen molar-refractivity contribution in [2.24, 2.45) is 5.41 Å². The first-order valence-electron chi connectivity index (χ1n) is 6.75. The minimum absolute atomic E-state index is 0.00359. The Hall–Kier alpha value is -0.470. The summed E-state index contributed by atoms with van der Waals surface area (Å²) in [7, 11) is -1.55. The molecule has 1 aliphatic rings. The van der Waals surface area contributed by atoms with Crippen molar-refractivity contribution < 1.29 is 13.2 Å². The summed E-state index contributed by atoms with van der Waals surface area (Å²) in [5.74, 6) is 0. The van der Waals surface area contributed by atoms with E-state index in [1.165, 1.54) is 11.3 Å². The quantitative estimate of drug-likeness (QED) is 0.835. The smallest absolute Gasteiger partial charge is 0.250 e. The van der Waals surface area contributed by atoms with Crippen LogP contribution in [0.1, 0.15) is 25.3 Å². The Morgan fingerprint density at radius 1 is 1.40 bits per heavy atom.